The third-order valence-electron chi connectivity index (χ3n) is 3.60. The smallest absolute Gasteiger partial charge is 0.146 e. The molecule has 0 aromatic rings. The molecule has 0 unspecified atom stereocenters. The highest BCUT2D eigenvalue weighted by Crippen LogP contribution is 2.54. The summed E-state index contributed by atoms with van der Waals surface area (Å²) in [5.41, 5.74) is 3.48. The van der Waals surface area contributed by atoms with Gasteiger partial charge in [-0.05, 0) is 43.8 Å². The predicted molar refractivity (Wildman–Crippen MR) is 73.8 cm³/mol. The van der Waals surface area contributed by atoms with Gasteiger partial charge in [-0.15, -0.1) is 13.2 Å². The number of carbonyl (C=O) groups is 1. The summed E-state index contributed by atoms with van der Waals surface area (Å²) < 4.78 is 0. The Hall–Kier alpha value is -1.37. The lowest BCUT2D eigenvalue weighted by molar-refractivity contribution is -0.105. The van der Waals surface area contributed by atoms with Gasteiger partial charge in [-0.3, -0.25) is 4.79 Å². The molecule has 0 aromatic heterocycles. The van der Waals surface area contributed by atoms with Crippen molar-refractivity contribution in [2.45, 2.75) is 39.5 Å². The largest absolute Gasteiger partial charge is 0.298 e. The van der Waals surface area contributed by atoms with Gasteiger partial charge >= 0.3 is 0 Å². The number of allylic oxidation sites excluding steroid dienone is 6. The van der Waals surface area contributed by atoms with Crippen LogP contribution in [0.25, 0.3) is 0 Å². The van der Waals surface area contributed by atoms with E-state index in [1.165, 1.54) is 18.4 Å². The molecule has 1 heteroatoms. The number of carbonyl (C=O) groups excluding carboxylic acids is 1. The van der Waals surface area contributed by atoms with Crippen molar-refractivity contribution in [2.24, 2.45) is 5.41 Å². The van der Waals surface area contributed by atoms with E-state index in [0.29, 0.717) is 0 Å². The molecule has 1 aliphatic carbocycles. The van der Waals surface area contributed by atoms with Gasteiger partial charge < -0.3 is 0 Å². The molecule has 1 saturated carbocycles. The molecule has 17 heavy (non-hydrogen) atoms. The van der Waals surface area contributed by atoms with Crippen molar-refractivity contribution < 1.29 is 4.79 Å². The van der Waals surface area contributed by atoms with Crippen molar-refractivity contribution in [1.82, 2.24) is 0 Å². The molecule has 0 saturated heterocycles. The molecule has 0 amide bonds. The van der Waals surface area contributed by atoms with E-state index < -0.39 is 0 Å². The maximum absolute atomic E-state index is 10.9. The molecule has 1 nitrogen and oxygen atoms in total. The van der Waals surface area contributed by atoms with Gasteiger partial charge in [0.25, 0.3) is 0 Å². The zero-order valence-corrected chi connectivity index (χ0v) is 11.0. The van der Waals surface area contributed by atoms with Gasteiger partial charge in [0, 0.05) is 5.41 Å². The van der Waals surface area contributed by atoms with Crippen molar-refractivity contribution >= 4 is 6.29 Å². The van der Waals surface area contributed by atoms with Crippen LogP contribution in [0.4, 0.5) is 0 Å². The minimum absolute atomic E-state index is 0.178. The molecule has 0 spiro atoms. The maximum Gasteiger partial charge on any atom is 0.146 e. The van der Waals surface area contributed by atoms with Crippen LogP contribution < -0.4 is 0 Å². The van der Waals surface area contributed by atoms with Crippen LogP contribution in [0.1, 0.15) is 39.5 Å². The zero-order valence-electron chi connectivity index (χ0n) is 11.0. The Labute approximate surface area is 105 Å². The van der Waals surface area contributed by atoms with E-state index in [1.54, 1.807) is 0 Å². The van der Waals surface area contributed by atoms with Gasteiger partial charge in [0.15, 0.2) is 0 Å². The second-order valence-electron chi connectivity index (χ2n) is 4.70. The van der Waals surface area contributed by atoms with Crippen LogP contribution in [-0.4, -0.2) is 6.29 Å². The molecule has 0 atom stereocenters. The molecule has 1 rings (SSSR count). The summed E-state index contributed by atoms with van der Waals surface area (Å²) in [5, 5.41) is 0. The average Bonchev–Trinajstić information content (AvgIpc) is 3.11. The Morgan fingerprint density at radius 2 is 2.00 bits per heavy atom. The predicted octanol–water partition coefficient (Wildman–Crippen LogP) is 4.38. The first-order valence-corrected chi connectivity index (χ1v) is 6.24. The van der Waals surface area contributed by atoms with Crippen LogP contribution in [0, 0.1) is 5.41 Å². The Morgan fingerprint density at radius 3 is 2.35 bits per heavy atom. The zero-order chi connectivity index (χ0) is 12.9. The van der Waals surface area contributed by atoms with Crippen LogP contribution >= 0.6 is 0 Å². The summed E-state index contributed by atoms with van der Waals surface area (Å²) in [6.45, 7) is 11.8. The van der Waals surface area contributed by atoms with Gasteiger partial charge in [0.1, 0.15) is 6.29 Å². The first kappa shape index (κ1) is 13.7. The molecule has 0 radical (unpaired) electrons. The van der Waals surface area contributed by atoms with Gasteiger partial charge in [0.2, 0.25) is 0 Å². The van der Waals surface area contributed by atoms with Gasteiger partial charge in [-0.25, -0.2) is 0 Å². The topological polar surface area (TPSA) is 17.1 Å². The van der Waals surface area contributed by atoms with E-state index in [0.717, 1.165) is 30.3 Å². The minimum Gasteiger partial charge on any atom is -0.298 e. The van der Waals surface area contributed by atoms with E-state index in [-0.39, 0.29) is 5.41 Å². The lowest BCUT2D eigenvalue weighted by Gasteiger charge is -2.14. The molecule has 1 fully saturated rings. The average molecular weight is 230 g/mol. The van der Waals surface area contributed by atoms with Crippen LogP contribution in [0.15, 0.2) is 48.1 Å². The minimum atomic E-state index is 0.178. The Bertz CT molecular complexity index is 378. The number of hydrogen-bond donors (Lipinski definition) is 0. The summed E-state index contributed by atoms with van der Waals surface area (Å²) in [6, 6.07) is 0. The first-order valence-electron chi connectivity index (χ1n) is 6.24. The Balaban J connectivity index is 3.06. The third kappa shape index (κ3) is 3.06. The lowest BCUT2D eigenvalue weighted by Crippen LogP contribution is -2.01. The fourth-order valence-electron chi connectivity index (χ4n) is 2.16. The Kier molecular flexibility index (Phi) is 4.68. The molecule has 1 aliphatic rings. The van der Waals surface area contributed by atoms with Crippen molar-refractivity contribution in [3.63, 3.8) is 0 Å². The molecule has 0 N–H and O–H groups in total. The summed E-state index contributed by atoms with van der Waals surface area (Å²) in [4.78, 5) is 10.9. The number of aldehydes is 1. The lowest BCUT2D eigenvalue weighted by atomic mass is 9.90. The van der Waals surface area contributed by atoms with E-state index in [2.05, 4.69) is 19.2 Å². The summed E-state index contributed by atoms with van der Waals surface area (Å²) in [6.07, 6.45) is 11.1. The van der Waals surface area contributed by atoms with Crippen LogP contribution in [0.2, 0.25) is 0 Å². The molecule has 0 heterocycles. The van der Waals surface area contributed by atoms with E-state index in [9.17, 15) is 4.79 Å². The third-order valence-corrected chi connectivity index (χ3v) is 3.60. The quantitative estimate of drug-likeness (QED) is 0.274. The van der Waals surface area contributed by atoms with Crippen LogP contribution in [-0.2, 0) is 4.79 Å². The van der Waals surface area contributed by atoms with Crippen LogP contribution in [0.5, 0.6) is 0 Å². The molecular weight excluding hydrogens is 208 g/mol. The second-order valence-corrected chi connectivity index (χ2v) is 4.70. The summed E-state index contributed by atoms with van der Waals surface area (Å²) >= 11 is 0. The van der Waals surface area contributed by atoms with E-state index >= 15 is 0 Å². The number of hydrogen-bond acceptors (Lipinski definition) is 1. The highest BCUT2D eigenvalue weighted by Gasteiger charge is 2.42. The van der Waals surface area contributed by atoms with Gasteiger partial charge in [0.05, 0.1) is 0 Å². The monoisotopic (exact) mass is 230 g/mol. The van der Waals surface area contributed by atoms with Crippen molar-refractivity contribution in [3.8, 4) is 0 Å². The summed E-state index contributed by atoms with van der Waals surface area (Å²) in [5.74, 6) is 0. The van der Waals surface area contributed by atoms with E-state index in [4.69, 9.17) is 0 Å². The van der Waals surface area contributed by atoms with E-state index in [1.807, 2.05) is 26.0 Å². The second kappa shape index (κ2) is 5.81. The van der Waals surface area contributed by atoms with Crippen LogP contribution in [0.3, 0.4) is 0 Å². The first-order chi connectivity index (χ1) is 8.13. The number of rotatable bonds is 7. The van der Waals surface area contributed by atoms with Crippen molar-refractivity contribution in [1.29, 1.82) is 0 Å². The summed E-state index contributed by atoms with van der Waals surface area (Å²) in [7, 11) is 0. The molecule has 0 aliphatic heterocycles. The van der Waals surface area contributed by atoms with Gasteiger partial charge in [-0.1, -0.05) is 30.7 Å². The normalized spacial score (nSPS) is 19.3. The van der Waals surface area contributed by atoms with Gasteiger partial charge in [-0.2, -0.15) is 0 Å². The molecule has 92 valence electrons. The fraction of sp³-hybridized carbons (Fsp3) is 0.438. The van der Waals surface area contributed by atoms with Crippen molar-refractivity contribution in [2.75, 3.05) is 0 Å². The molecule has 0 bridgehead atoms. The molecule has 0 aromatic carbocycles. The highest BCUT2D eigenvalue weighted by molar-refractivity contribution is 5.75. The highest BCUT2D eigenvalue weighted by atomic mass is 16.1. The molecular formula is C16H22O. The van der Waals surface area contributed by atoms with Crippen molar-refractivity contribution in [3.05, 3.63) is 48.1 Å². The Morgan fingerprint density at radius 1 is 1.35 bits per heavy atom. The maximum atomic E-state index is 10.9. The standard InChI is InChI=1S/C16H22O/c1-5-8-15(16(7-3)9-10-16)11-13(4)14(6-2)12-17/h5,7,11-12H,1,3,6,8-10H2,2,4H3/b14-13+,15-11+. The SMILES string of the molecule is C=CC/C(=C\C(C)=C(\C=O)CC)C1(C=C)CC1. The fourth-order valence-corrected chi connectivity index (χ4v) is 2.16.